The van der Waals surface area contributed by atoms with Crippen LogP contribution >= 0.6 is 0 Å². The molecular formula is C12H16O3S. The smallest absolute Gasteiger partial charge is 0.185 e. The molecule has 0 aromatic heterocycles. The third kappa shape index (κ3) is 3.17. The summed E-state index contributed by atoms with van der Waals surface area (Å²) in [4.78, 5) is 11.9. The van der Waals surface area contributed by atoms with E-state index in [0.717, 1.165) is 0 Å². The third-order valence-electron chi connectivity index (χ3n) is 2.26. The summed E-state index contributed by atoms with van der Waals surface area (Å²) >= 11 is 0. The first-order valence-corrected chi connectivity index (χ1v) is 6.70. The van der Waals surface area contributed by atoms with E-state index in [4.69, 9.17) is 0 Å². The highest BCUT2D eigenvalue weighted by Gasteiger charge is 2.27. The predicted octanol–water partition coefficient (Wildman–Crippen LogP) is 2.08. The monoisotopic (exact) mass is 240 g/mol. The lowest BCUT2D eigenvalue weighted by atomic mass is 9.92. The average Bonchev–Trinajstić information content (AvgIpc) is 2.17. The number of sulfone groups is 1. The van der Waals surface area contributed by atoms with Crippen molar-refractivity contribution in [3.63, 3.8) is 0 Å². The van der Waals surface area contributed by atoms with Crippen LogP contribution in [0.4, 0.5) is 0 Å². The van der Waals surface area contributed by atoms with Crippen LogP contribution in [0.3, 0.4) is 0 Å². The van der Waals surface area contributed by atoms with Crippen molar-refractivity contribution >= 4 is 15.6 Å². The molecule has 0 radical (unpaired) electrons. The van der Waals surface area contributed by atoms with Crippen molar-refractivity contribution in [1.82, 2.24) is 0 Å². The Morgan fingerprint density at radius 1 is 1.12 bits per heavy atom. The van der Waals surface area contributed by atoms with Gasteiger partial charge in [-0.15, -0.1) is 0 Å². The molecule has 1 aromatic rings. The van der Waals surface area contributed by atoms with Gasteiger partial charge in [0.05, 0.1) is 4.90 Å². The van der Waals surface area contributed by atoms with Crippen molar-refractivity contribution in [2.45, 2.75) is 25.7 Å². The molecule has 1 rings (SSSR count). The second kappa shape index (κ2) is 4.37. The number of hydrogen-bond donors (Lipinski definition) is 0. The summed E-state index contributed by atoms with van der Waals surface area (Å²) in [6.07, 6.45) is 0. The summed E-state index contributed by atoms with van der Waals surface area (Å²) in [5, 5.41) is 0. The van der Waals surface area contributed by atoms with Gasteiger partial charge in [-0.1, -0.05) is 39.0 Å². The molecule has 0 aliphatic heterocycles. The van der Waals surface area contributed by atoms with Gasteiger partial charge in [0.2, 0.25) is 0 Å². The number of hydrogen-bond acceptors (Lipinski definition) is 3. The van der Waals surface area contributed by atoms with E-state index in [0.29, 0.717) is 0 Å². The molecule has 16 heavy (non-hydrogen) atoms. The Balaban J connectivity index is 2.95. The number of Topliss-reactive ketones (excluding diaryl/α,β-unsaturated/α-hetero) is 1. The summed E-state index contributed by atoms with van der Waals surface area (Å²) in [6.45, 7) is 5.15. The van der Waals surface area contributed by atoms with E-state index < -0.39 is 21.0 Å². The molecule has 3 nitrogen and oxygen atoms in total. The molecule has 0 aliphatic rings. The number of benzene rings is 1. The van der Waals surface area contributed by atoms with Crippen molar-refractivity contribution in [1.29, 1.82) is 0 Å². The number of ketones is 1. The molecule has 0 atom stereocenters. The van der Waals surface area contributed by atoms with Crippen molar-refractivity contribution < 1.29 is 13.2 Å². The SMILES string of the molecule is CC(C)(C)C(=O)CS(=O)(=O)c1ccccc1. The van der Waals surface area contributed by atoms with Crippen LogP contribution in [-0.4, -0.2) is 20.0 Å². The maximum atomic E-state index is 11.9. The van der Waals surface area contributed by atoms with Crippen LogP contribution in [0.25, 0.3) is 0 Å². The Kier molecular flexibility index (Phi) is 3.53. The van der Waals surface area contributed by atoms with E-state index in [1.54, 1.807) is 39.0 Å². The standard InChI is InChI=1S/C12H16O3S/c1-12(2,3)11(13)9-16(14,15)10-7-5-4-6-8-10/h4-8H,9H2,1-3H3. The molecule has 0 bridgehead atoms. The first kappa shape index (κ1) is 12.9. The lowest BCUT2D eigenvalue weighted by molar-refractivity contribution is -0.123. The normalized spacial score (nSPS) is 12.4. The molecule has 0 unspecified atom stereocenters. The average molecular weight is 240 g/mol. The van der Waals surface area contributed by atoms with Crippen LogP contribution in [0, 0.1) is 5.41 Å². The van der Waals surface area contributed by atoms with Crippen LogP contribution in [0.5, 0.6) is 0 Å². The highest BCUT2D eigenvalue weighted by molar-refractivity contribution is 7.92. The van der Waals surface area contributed by atoms with Crippen LogP contribution < -0.4 is 0 Å². The van der Waals surface area contributed by atoms with Crippen molar-refractivity contribution in [3.05, 3.63) is 30.3 Å². The molecule has 0 saturated carbocycles. The molecule has 0 spiro atoms. The van der Waals surface area contributed by atoms with Gasteiger partial charge in [0.1, 0.15) is 5.75 Å². The second-order valence-electron chi connectivity index (χ2n) is 4.75. The molecule has 0 aliphatic carbocycles. The van der Waals surface area contributed by atoms with Gasteiger partial charge in [-0.2, -0.15) is 0 Å². The van der Waals surface area contributed by atoms with Gasteiger partial charge in [-0.3, -0.25) is 4.79 Å². The third-order valence-corrected chi connectivity index (χ3v) is 3.89. The summed E-state index contributed by atoms with van der Waals surface area (Å²) in [5.74, 6) is -0.697. The summed E-state index contributed by atoms with van der Waals surface area (Å²) < 4.78 is 23.7. The fourth-order valence-corrected chi connectivity index (χ4v) is 2.62. The first-order chi connectivity index (χ1) is 7.23. The molecular weight excluding hydrogens is 224 g/mol. The Labute approximate surface area is 96.4 Å². The molecule has 4 heteroatoms. The van der Waals surface area contributed by atoms with Gasteiger partial charge < -0.3 is 0 Å². The highest BCUT2D eigenvalue weighted by atomic mass is 32.2. The Bertz CT molecular complexity index is 467. The van der Waals surface area contributed by atoms with Crippen molar-refractivity contribution in [2.24, 2.45) is 5.41 Å². The zero-order valence-electron chi connectivity index (χ0n) is 9.73. The van der Waals surface area contributed by atoms with Gasteiger partial charge >= 0.3 is 0 Å². The number of carbonyl (C=O) groups excluding carboxylic acids is 1. The van der Waals surface area contributed by atoms with Gasteiger partial charge in [0.25, 0.3) is 0 Å². The summed E-state index contributed by atoms with van der Waals surface area (Å²) in [6, 6.07) is 8.05. The number of carbonyl (C=O) groups is 1. The van der Waals surface area contributed by atoms with E-state index >= 15 is 0 Å². The molecule has 0 fully saturated rings. The van der Waals surface area contributed by atoms with Crippen LogP contribution in [0.1, 0.15) is 20.8 Å². The first-order valence-electron chi connectivity index (χ1n) is 5.04. The minimum absolute atomic E-state index is 0.201. The fraction of sp³-hybridized carbons (Fsp3) is 0.417. The van der Waals surface area contributed by atoms with Crippen LogP contribution in [0.15, 0.2) is 35.2 Å². The van der Waals surface area contributed by atoms with E-state index in [2.05, 4.69) is 0 Å². The van der Waals surface area contributed by atoms with Gasteiger partial charge in [-0.05, 0) is 12.1 Å². The molecule has 0 amide bonds. The quantitative estimate of drug-likeness (QED) is 0.812. The molecule has 0 N–H and O–H groups in total. The van der Waals surface area contributed by atoms with Crippen molar-refractivity contribution in [2.75, 3.05) is 5.75 Å². The van der Waals surface area contributed by atoms with Crippen LogP contribution in [0.2, 0.25) is 0 Å². The van der Waals surface area contributed by atoms with E-state index in [9.17, 15) is 13.2 Å². The molecule has 88 valence electrons. The topological polar surface area (TPSA) is 51.2 Å². The summed E-state index contributed by atoms with van der Waals surface area (Å²) in [7, 11) is -3.49. The van der Waals surface area contributed by atoms with Gasteiger partial charge in [0.15, 0.2) is 15.6 Å². The van der Waals surface area contributed by atoms with Gasteiger partial charge in [0, 0.05) is 5.41 Å². The van der Waals surface area contributed by atoms with Crippen LogP contribution in [-0.2, 0) is 14.6 Å². The lowest BCUT2D eigenvalue weighted by Gasteiger charge is -2.16. The second-order valence-corrected chi connectivity index (χ2v) is 6.73. The molecule has 0 heterocycles. The van der Waals surface area contributed by atoms with E-state index in [1.807, 2.05) is 0 Å². The Hall–Kier alpha value is -1.16. The zero-order chi connectivity index (χ0) is 12.4. The minimum atomic E-state index is -3.49. The molecule has 1 aromatic carbocycles. The van der Waals surface area contributed by atoms with E-state index in [-0.39, 0.29) is 10.7 Å². The predicted molar refractivity (Wildman–Crippen MR) is 63.0 cm³/mol. The minimum Gasteiger partial charge on any atom is -0.298 e. The van der Waals surface area contributed by atoms with E-state index in [1.165, 1.54) is 12.1 Å². The summed E-state index contributed by atoms with van der Waals surface area (Å²) in [5.41, 5.74) is -0.623. The Morgan fingerprint density at radius 3 is 2.06 bits per heavy atom. The highest BCUT2D eigenvalue weighted by Crippen LogP contribution is 2.18. The number of rotatable bonds is 3. The zero-order valence-corrected chi connectivity index (χ0v) is 10.5. The Morgan fingerprint density at radius 2 is 1.62 bits per heavy atom. The fourth-order valence-electron chi connectivity index (χ4n) is 1.10. The lowest BCUT2D eigenvalue weighted by Crippen LogP contribution is -2.28. The van der Waals surface area contributed by atoms with Crippen molar-refractivity contribution in [3.8, 4) is 0 Å². The maximum Gasteiger partial charge on any atom is 0.185 e. The molecule has 0 saturated heterocycles. The maximum absolute atomic E-state index is 11.9. The largest absolute Gasteiger partial charge is 0.298 e. The van der Waals surface area contributed by atoms with Gasteiger partial charge in [-0.25, -0.2) is 8.42 Å².